The Bertz CT molecular complexity index is 409. The SMILES string of the molecule is CCC(COC)Nc1ccc(OC)c([N+](=O)[O-])c1. The molecule has 0 saturated heterocycles. The van der Waals surface area contributed by atoms with Crippen molar-refractivity contribution < 1.29 is 14.4 Å². The van der Waals surface area contributed by atoms with Crippen molar-refractivity contribution in [1.29, 1.82) is 0 Å². The first-order valence-corrected chi connectivity index (χ1v) is 5.70. The number of benzene rings is 1. The van der Waals surface area contributed by atoms with Crippen molar-refractivity contribution in [2.24, 2.45) is 0 Å². The number of nitrogens with zero attached hydrogens (tertiary/aromatic N) is 1. The lowest BCUT2D eigenvalue weighted by Crippen LogP contribution is -2.23. The summed E-state index contributed by atoms with van der Waals surface area (Å²) >= 11 is 0. The zero-order chi connectivity index (χ0) is 13.5. The van der Waals surface area contributed by atoms with Crippen LogP contribution in [0.3, 0.4) is 0 Å². The largest absolute Gasteiger partial charge is 0.490 e. The van der Waals surface area contributed by atoms with Crippen molar-refractivity contribution in [3.8, 4) is 5.75 Å². The Labute approximate surface area is 106 Å². The van der Waals surface area contributed by atoms with Crippen LogP contribution in [0.15, 0.2) is 18.2 Å². The number of methoxy groups -OCH3 is 2. The van der Waals surface area contributed by atoms with Gasteiger partial charge in [0.2, 0.25) is 0 Å². The number of rotatable bonds is 7. The molecule has 0 aromatic heterocycles. The fourth-order valence-corrected chi connectivity index (χ4v) is 1.62. The lowest BCUT2D eigenvalue weighted by atomic mass is 10.2. The van der Waals surface area contributed by atoms with Gasteiger partial charge in [0.15, 0.2) is 5.75 Å². The van der Waals surface area contributed by atoms with Gasteiger partial charge in [0.1, 0.15) is 0 Å². The first-order valence-electron chi connectivity index (χ1n) is 5.70. The summed E-state index contributed by atoms with van der Waals surface area (Å²) in [4.78, 5) is 10.4. The molecule has 0 aliphatic rings. The van der Waals surface area contributed by atoms with Crippen LogP contribution in [0.4, 0.5) is 11.4 Å². The summed E-state index contributed by atoms with van der Waals surface area (Å²) in [5, 5.41) is 14.1. The Morgan fingerprint density at radius 1 is 1.44 bits per heavy atom. The minimum atomic E-state index is -0.457. The molecule has 6 heteroatoms. The Morgan fingerprint density at radius 2 is 2.17 bits per heavy atom. The highest BCUT2D eigenvalue weighted by Crippen LogP contribution is 2.29. The van der Waals surface area contributed by atoms with Gasteiger partial charge in [0.05, 0.1) is 18.6 Å². The van der Waals surface area contributed by atoms with Gasteiger partial charge in [-0.2, -0.15) is 0 Å². The maximum absolute atomic E-state index is 10.9. The monoisotopic (exact) mass is 254 g/mol. The summed E-state index contributed by atoms with van der Waals surface area (Å²) in [6.07, 6.45) is 0.869. The van der Waals surface area contributed by atoms with Crippen LogP contribution in [-0.4, -0.2) is 31.8 Å². The molecule has 1 atom stereocenters. The minimum absolute atomic E-state index is 0.0465. The van der Waals surface area contributed by atoms with Crippen LogP contribution in [-0.2, 0) is 4.74 Å². The third-order valence-electron chi connectivity index (χ3n) is 2.61. The van der Waals surface area contributed by atoms with Gasteiger partial charge in [-0.15, -0.1) is 0 Å². The van der Waals surface area contributed by atoms with Crippen LogP contribution in [0.5, 0.6) is 5.75 Å². The number of hydrogen-bond donors (Lipinski definition) is 1. The Hall–Kier alpha value is -1.82. The number of nitro groups is 1. The van der Waals surface area contributed by atoms with Gasteiger partial charge in [0.25, 0.3) is 0 Å². The molecule has 0 aliphatic carbocycles. The van der Waals surface area contributed by atoms with Crippen LogP contribution in [0.25, 0.3) is 0 Å². The molecular weight excluding hydrogens is 236 g/mol. The molecule has 0 heterocycles. The van der Waals surface area contributed by atoms with Gasteiger partial charge < -0.3 is 14.8 Å². The molecule has 1 N–H and O–H groups in total. The Balaban J connectivity index is 2.90. The summed E-state index contributed by atoms with van der Waals surface area (Å²) in [5.41, 5.74) is 0.640. The van der Waals surface area contributed by atoms with Crippen molar-refractivity contribution in [1.82, 2.24) is 0 Å². The Morgan fingerprint density at radius 3 is 2.67 bits per heavy atom. The molecule has 18 heavy (non-hydrogen) atoms. The molecule has 1 unspecified atom stereocenters. The third-order valence-corrected chi connectivity index (χ3v) is 2.61. The summed E-state index contributed by atoms with van der Waals surface area (Å²) < 4.78 is 10.0. The lowest BCUT2D eigenvalue weighted by molar-refractivity contribution is -0.385. The smallest absolute Gasteiger partial charge is 0.312 e. The van der Waals surface area contributed by atoms with Crippen LogP contribution in [0.2, 0.25) is 0 Å². The first-order chi connectivity index (χ1) is 8.62. The summed E-state index contributed by atoms with van der Waals surface area (Å²) in [6, 6.07) is 4.93. The molecule has 0 bridgehead atoms. The van der Waals surface area contributed by atoms with E-state index in [9.17, 15) is 10.1 Å². The number of nitro benzene ring substituents is 1. The van der Waals surface area contributed by atoms with Gasteiger partial charge >= 0.3 is 5.69 Å². The summed E-state index contributed by atoms with van der Waals surface area (Å²) in [5.74, 6) is 0.255. The van der Waals surface area contributed by atoms with Crippen molar-refractivity contribution >= 4 is 11.4 Å². The highest BCUT2D eigenvalue weighted by molar-refractivity contribution is 5.58. The standard InChI is InChI=1S/C12H18N2O4/c1-4-9(8-17-2)13-10-5-6-12(18-3)11(7-10)14(15)16/h5-7,9,13H,4,8H2,1-3H3. The van der Waals surface area contributed by atoms with E-state index in [0.717, 1.165) is 6.42 Å². The Kier molecular flexibility index (Phi) is 5.38. The second-order valence-electron chi connectivity index (χ2n) is 3.85. The van der Waals surface area contributed by atoms with Crippen molar-refractivity contribution in [2.75, 3.05) is 26.1 Å². The van der Waals surface area contributed by atoms with Gasteiger partial charge in [-0.25, -0.2) is 0 Å². The lowest BCUT2D eigenvalue weighted by Gasteiger charge is -2.17. The van der Waals surface area contributed by atoms with E-state index in [-0.39, 0.29) is 17.5 Å². The van der Waals surface area contributed by atoms with E-state index in [4.69, 9.17) is 9.47 Å². The highest BCUT2D eigenvalue weighted by atomic mass is 16.6. The van der Waals surface area contributed by atoms with Gasteiger partial charge in [-0.05, 0) is 18.6 Å². The molecule has 0 amide bonds. The number of nitrogens with one attached hydrogen (secondary N) is 1. The number of anilines is 1. The van der Waals surface area contributed by atoms with E-state index < -0.39 is 4.92 Å². The number of hydrogen-bond acceptors (Lipinski definition) is 5. The summed E-state index contributed by atoms with van der Waals surface area (Å²) in [6.45, 7) is 2.57. The van der Waals surface area contributed by atoms with Crippen LogP contribution in [0, 0.1) is 10.1 Å². The molecule has 0 fully saturated rings. The zero-order valence-corrected chi connectivity index (χ0v) is 10.8. The molecule has 0 radical (unpaired) electrons. The minimum Gasteiger partial charge on any atom is -0.490 e. The molecule has 1 aromatic carbocycles. The average Bonchev–Trinajstić information content (AvgIpc) is 2.38. The molecule has 0 aliphatic heterocycles. The van der Waals surface area contributed by atoms with E-state index in [1.165, 1.54) is 13.2 Å². The fraction of sp³-hybridized carbons (Fsp3) is 0.500. The van der Waals surface area contributed by atoms with E-state index in [1.807, 2.05) is 6.92 Å². The topological polar surface area (TPSA) is 73.6 Å². The van der Waals surface area contributed by atoms with Crippen LogP contribution < -0.4 is 10.1 Å². The molecule has 6 nitrogen and oxygen atoms in total. The van der Waals surface area contributed by atoms with E-state index in [1.54, 1.807) is 19.2 Å². The second-order valence-corrected chi connectivity index (χ2v) is 3.85. The van der Waals surface area contributed by atoms with Crippen molar-refractivity contribution in [2.45, 2.75) is 19.4 Å². The van der Waals surface area contributed by atoms with Crippen LogP contribution >= 0.6 is 0 Å². The quantitative estimate of drug-likeness (QED) is 0.597. The van der Waals surface area contributed by atoms with Crippen molar-refractivity contribution in [3.63, 3.8) is 0 Å². The number of ether oxygens (including phenoxy) is 2. The fourth-order valence-electron chi connectivity index (χ4n) is 1.62. The van der Waals surface area contributed by atoms with E-state index >= 15 is 0 Å². The molecule has 1 aromatic rings. The molecule has 0 saturated carbocycles. The predicted octanol–water partition coefficient (Wildman–Crippen LogP) is 2.44. The second kappa shape index (κ2) is 6.80. The van der Waals surface area contributed by atoms with Gasteiger partial charge in [-0.1, -0.05) is 6.92 Å². The van der Waals surface area contributed by atoms with Crippen LogP contribution in [0.1, 0.15) is 13.3 Å². The molecule has 100 valence electrons. The predicted molar refractivity (Wildman–Crippen MR) is 69.2 cm³/mol. The summed E-state index contributed by atoms with van der Waals surface area (Å²) in [7, 11) is 3.04. The molecular formula is C12H18N2O4. The highest BCUT2D eigenvalue weighted by Gasteiger charge is 2.16. The van der Waals surface area contributed by atoms with Gasteiger partial charge in [-0.3, -0.25) is 10.1 Å². The van der Waals surface area contributed by atoms with E-state index in [0.29, 0.717) is 12.3 Å². The van der Waals surface area contributed by atoms with E-state index in [2.05, 4.69) is 5.32 Å². The maximum Gasteiger partial charge on any atom is 0.312 e. The third kappa shape index (κ3) is 3.59. The van der Waals surface area contributed by atoms with Crippen molar-refractivity contribution in [3.05, 3.63) is 28.3 Å². The maximum atomic E-state index is 10.9. The zero-order valence-electron chi connectivity index (χ0n) is 10.8. The molecule has 1 rings (SSSR count). The normalized spacial score (nSPS) is 11.9. The molecule has 0 spiro atoms. The first kappa shape index (κ1) is 14.2. The van der Waals surface area contributed by atoms with Gasteiger partial charge in [0, 0.05) is 24.9 Å². The average molecular weight is 254 g/mol.